The van der Waals surface area contributed by atoms with Crippen LogP contribution in [-0.4, -0.2) is 32.5 Å². The number of nitrogens with zero attached hydrogens (tertiary/aromatic N) is 4. The zero-order valence-corrected chi connectivity index (χ0v) is 9.54. The summed E-state index contributed by atoms with van der Waals surface area (Å²) in [5.74, 6) is 0.544. The maximum Gasteiger partial charge on any atom is 0.292 e. The number of aromatic nitrogens is 3. The molecule has 0 unspecified atom stereocenters. The minimum absolute atomic E-state index is 0.185. The smallest absolute Gasteiger partial charge is 0.292 e. The molecule has 2 aromatic rings. The van der Waals surface area contributed by atoms with E-state index in [1.54, 1.807) is 11.0 Å². The molecule has 0 atom stereocenters. The zero-order valence-electron chi connectivity index (χ0n) is 9.54. The number of fused-ring (bicyclic) bond motifs is 1. The van der Waals surface area contributed by atoms with E-state index in [9.17, 15) is 4.79 Å². The quantitative estimate of drug-likeness (QED) is 0.773. The Kier molecular flexibility index (Phi) is 2.44. The highest BCUT2D eigenvalue weighted by atomic mass is 16.5. The van der Waals surface area contributed by atoms with E-state index in [-0.39, 0.29) is 11.7 Å². The number of nitrogen functional groups attached to an aromatic ring is 1. The van der Waals surface area contributed by atoms with Crippen molar-refractivity contribution in [3.63, 3.8) is 0 Å². The number of nitrogens with two attached hydrogens (primary N) is 1. The number of amides is 1. The molecule has 1 aliphatic rings. The molecule has 0 saturated carbocycles. The standard InChI is InChI=1S/C11H11N5O2/c12-10-7-2-4-16(5-8(7)13-6-14-10)11(17)9-1-3-15-18-9/h1,3,6H,2,4-5H2,(H2,12,13,14). The third-order valence-electron chi connectivity index (χ3n) is 2.98. The van der Waals surface area contributed by atoms with E-state index >= 15 is 0 Å². The molecule has 0 saturated heterocycles. The van der Waals surface area contributed by atoms with Crippen LogP contribution in [0.15, 0.2) is 23.1 Å². The van der Waals surface area contributed by atoms with E-state index in [4.69, 9.17) is 10.3 Å². The van der Waals surface area contributed by atoms with Crippen LogP contribution in [0, 0.1) is 0 Å². The minimum atomic E-state index is -0.185. The second-order valence-electron chi connectivity index (χ2n) is 4.04. The molecule has 1 aliphatic heterocycles. The Hall–Kier alpha value is -2.44. The van der Waals surface area contributed by atoms with E-state index in [2.05, 4.69) is 15.1 Å². The Morgan fingerprint density at radius 3 is 3.11 bits per heavy atom. The number of anilines is 1. The molecule has 2 N–H and O–H groups in total. The maximum absolute atomic E-state index is 12.1. The Morgan fingerprint density at radius 2 is 2.33 bits per heavy atom. The van der Waals surface area contributed by atoms with Crippen molar-refractivity contribution in [2.24, 2.45) is 0 Å². The van der Waals surface area contributed by atoms with Crippen molar-refractivity contribution in [1.82, 2.24) is 20.0 Å². The van der Waals surface area contributed by atoms with Gasteiger partial charge in [0.15, 0.2) is 0 Å². The first-order chi connectivity index (χ1) is 8.75. The molecule has 0 spiro atoms. The van der Waals surface area contributed by atoms with Gasteiger partial charge in [-0.1, -0.05) is 5.16 Å². The fourth-order valence-electron chi connectivity index (χ4n) is 2.03. The first-order valence-electron chi connectivity index (χ1n) is 5.54. The van der Waals surface area contributed by atoms with E-state index in [0.29, 0.717) is 25.3 Å². The van der Waals surface area contributed by atoms with Crippen LogP contribution >= 0.6 is 0 Å². The molecular weight excluding hydrogens is 234 g/mol. The van der Waals surface area contributed by atoms with Gasteiger partial charge in [-0.25, -0.2) is 9.97 Å². The predicted octanol–water partition coefficient (Wildman–Crippen LogP) is 0.245. The summed E-state index contributed by atoms with van der Waals surface area (Å²) < 4.78 is 4.86. The Morgan fingerprint density at radius 1 is 1.44 bits per heavy atom. The molecule has 92 valence electrons. The number of hydrogen-bond acceptors (Lipinski definition) is 6. The molecule has 1 amide bonds. The topological polar surface area (TPSA) is 98.1 Å². The molecule has 7 nitrogen and oxygen atoms in total. The average Bonchev–Trinajstić information content (AvgIpc) is 2.91. The van der Waals surface area contributed by atoms with Gasteiger partial charge in [0, 0.05) is 18.2 Å². The van der Waals surface area contributed by atoms with Gasteiger partial charge in [0.2, 0.25) is 5.76 Å². The summed E-state index contributed by atoms with van der Waals surface area (Å²) in [6, 6.07) is 1.55. The summed E-state index contributed by atoms with van der Waals surface area (Å²) in [5, 5.41) is 3.53. The van der Waals surface area contributed by atoms with Crippen LogP contribution in [0.1, 0.15) is 21.8 Å². The normalized spacial score (nSPS) is 14.3. The zero-order chi connectivity index (χ0) is 12.5. The highest BCUT2D eigenvalue weighted by Gasteiger charge is 2.25. The van der Waals surface area contributed by atoms with Crippen LogP contribution in [0.3, 0.4) is 0 Å². The molecule has 3 heterocycles. The van der Waals surface area contributed by atoms with Crippen LogP contribution in [0.5, 0.6) is 0 Å². The highest BCUT2D eigenvalue weighted by Crippen LogP contribution is 2.21. The molecule has 0 aromatic carbocycles. The molecule has 2 aromatic heterocycles. The largest absolute Gasteiger partial charge is 0.383 e. The van der Waals surface area contributed by atoms with Crippen molar-refractivity contribution >= 4 is 11.7 Å². The lowest BCUT2D eigenvalue weighted by atomic mass is 10.1. The Bertz CT molecular complexity index is 581. The molecule has 0 aliphatic carbocycles. The molecular formula is C11H11N5O2. The van der Waals surface area contributed by atoms with Gasteiger partial charge in [0.05, 0.1) is 18.4 Å². The van der Waals surface area contributed by atoms with E-state index in [0.717, 1.165) is 11.3 Å². The molecule has 7 heteroatoms. The van der Waals surface area contributed by atoms with E-state index < -0.39 is 0 Å². The fraction of sp³-hybridized carbons (Fsp3) is 0.273. The van der Waals surface area contributed by atoms with Crippen LogP contribution in [0.2, 0.25) is 0 Å². The number of hydrogen-bond donors (Lipinski definition) is 1. The van der Waals surface area contributed by atoms with Gasteiger partial charge in [0.25, 0.3) is 5.91 Å². The second kappa shape index (κ2) is 4.10. The summed E-state index contributed by atoms with van der Waals surface area (Å²) in [6.07, 6.45) is 3.52. The number of rotatable bonds is 1. The lowest BCUT2D eigenvalue weighted by Crippen LogP contribution is -2.36. The Balaban J connectivity index is 1.85. The van der Waals surface area contributed by atoms with Crippen molar-refractivity contribution in [2.75, 3.05) is 12.3 Å². The summed E-state index contributed by atoms with van der Waals surface area (Å²) in [6.45, 7) is 0.992. The van der Waals surface area contributed by atoms with Crippen LogP contribution < -0.4 is 5.73 Å². The average molecular weight is 245 g/mol. The van der Waals surface area contributed by atoms with Crippen molar-refractivity contribution in [2.45, 2.75) is 13.0 Å². The van der Waals surface area contributed by atoms with Gasteiger partial charge in [-0.2, -0.15) is 0 Å². The molecule has 0 bridgehead atoms. The van der Waals surface area contributed by atoms with Crippen LogP contribution in [-0.2, 0) is 13.0 Å². The molecule has 3 rings (SSSR count). The monoisotopic (exact) mass is 245 g/mol. The summed E-state index contributed by atoms with van der Waals surface area (Å²) in [7, 11) is 0. The van der Waals surface area contributed by atoms with Gasteiger partial charge in [-0.15, -0.1) is 0 Å². The predicted molar refractivity (Wildman–Crippen MR) is 61.4 cm³/mol. The third-order valence-corrected chi connectivity index (χ3v) is 2.98. The summed E-state index contributed by atoms with van der Waals surface area (Å²) in [5.41, 5.74) is 7.50. The number of carbonyl (C=O) groups is 1. The van der Waals surface area contributed by atoms with Crippen LogP contribution in [0.4, 0.5) is 5.82 Å². The number of carbonyl (C=O) groups excluding carboxylic acids is 1. The SMILES string of the molecule is Nc1ncnc2c1CCN(C(=O)c1ccno1)C2. The van der Waals surface area contributed by atoms with Crippen LogP contribution in [0.25, 0.3) is 0 Å². The molecule has 18 heavy (non-hydrogen) atoms. The first-order valence-corrected chi connectivity index (χ1v) is 5.54. The van der Waals surface area contributed by atoms with Gasteiger partial charge in [-0.3, -0.25) is 4.79 Å². The third kappa shape index (κ3) is 1.69. The van der Waals surface area contributed by atoms with Gasteiger partial charge >= 0.3 is 0 Å². The van der Waals surface area contributed by atoms with E-state index in [1.807, 2.05) is 0 Å². The first kappa shape index (κ1) is 10.7. The fourth-order valence-corrected chi connectivity index (χ4v) is 2.03. The molecule has 0 radical (unpaired) electrons. The lowest BCUT2D eigenvalue weighted by Gasteiger charge is -2.27. The maximum atomic E-state index is 12.1. The molecule has 0 fully saturated rings. The summed E-state index contributed by atoms with van der Waals surface area (Å²) in [4.78, 5) is 21.8. The van der Waals surface area contributed by atoms with E-state index in [1.165, 1.54) is 12.5 Å². The van der Waals surface area contributed by atoms with Gasteiger partial charge < -0.3 is 15.2 Å². The Labute approximate surface area is 103 Å². The van der Waals surface area contributed by atoms with Crippen molar-refractivity contribution in [3.05, 3.63) is 35.6 Å². The second-order valence-corrected chi connectivity index (χ2v) is 4.04. The van der Waals surface area contributed by atoms with Gasteiger partial charge in [0.1, 0.15) is 12.1 Å². The van der Waals surface area contributed by atoms with Crippen molar-refractivity contribution < 1.29 is 9.32 Å². The van der Waals surface area contributed by atoms with Gasteiger partial charge in [-0.05, 0) is 6.42 Å². The minimum Gasteiger partial charge on any atom is -0.383 e. The summed E-state index contributed by atoms with van der Waals surface area (Å²) >= 11 is 0. The lowest BCUT2D eigenvalue weighted by molar-refractivity contribution is 0.0689. The highest BCUT2D eigenvalue weighted by molar-refractivity contribution is 5.91. The van der Waals surface area contributed by atoms with Crippen molar-refractivity contribution in [3.8, 4) is 0 Å². The van der Waals surface area contributed by atoms with Crippen molar-refractivity contribution in [1.29, 1.82) is 0 Å².